The minimum absolute atomic E-state index is 0.364. The van der Waals surface area contributed by atoms with E-state index in [2.05, 4.69) is 31.3 Å². The van der Waals surface area contributed by atoms with E-state index in [-0.39, 0.29) is 6.61 Å². The van der Waals surface area contributed by atoms with Crippen LogP contribution in [0.2, 0.25) is 0 Å². The van der Waals surface area contributed by atoms with E-state index in [9.17, 15) is 20.1 Å². The standard InChI is InChI=1S/C41H79NO4/c1-3-5-7-9-11-13-15-17-19-20-21-22-24-26-28-30-32-34-36-40(45)41(46)42-38(37-43)39(44)35-33-31-29-27-25-23-18-16-14-12-10-8-6-4-2/h20-21,33,35,38-40,43-45H,3-19,22-32,34,36-37H2,1-2H3,(H,42,46)/b21-20-,35-33+. The first-order valence-corrected chi connectivity index (χ1v) is 20.2. The van der Waals surface area contributed by atoms with Gasteiger partial charge in [0.15, 0.2) is 0 Å². The fourth-order valence-electron chi connectivity index (χ4n) is 6.06. The third kappa shape index (κ3) is 31.4. The number of amides is 1. The second-order valence-electron chi connectivity index (χ2n) is 13.8. The smallest absolute Gasteiger partial charge is 0.249 e. The maximum Gasteiger partial charge on any atom is 0.249 e. The van der Waals surface area contributed by atoms with Gasteiger partial charge >= 0.3 is 0 Å². The molecule has 1 amide bonds. The number of hydrogen-bond donors (Lipinski definition) is 4. The van der Waals surface area contributed by atoms with Gasteiger partial charge in [-0.1, -0.05) is 186 Å². The van der Waals surface area contributed by atoms with Crippen LogP contribution in [-0.2, 0) is 4.79 Å². The van der Waals surface area contributed by atoms with Crippen LogP contribution in [0.4, 0.5) is 0 Å². The maximum atomic E-state index is 12.4. The zero-order valence-electron chi connectivity index (χ0n) is 30.7. The summed E-state index contributed by atoms with van der Waals surface area (Å²) >= 11 is 0. The molecule has 46 heavy (non-hydrogen) atoms. The van der Waals surface area contributed by atoms with Gasteiger partial charge in [0.1, 0.15) is 6.10 Å². The number of nitrogens with one attached hydrogen (secondary N) is 1. The zero-order valence-corrected chi connectivity index (χ0v) is 30.7. The summed E-state index contributed by atoms with van der Waals surface area (Å²) in [6.07, 6.45) is 43.4. The second-order valence-corrected chi connectivity index (χ2v) is 13.8. The lowest BCUT2D eigenvalue weighted by Gasteiger charge is -2.21. The number of carbonyl (C=O) groups is 1. The van der Waals surface area contributed by atoms with Crippen molar-refractivity contribution in [1.82, 2.24) is 5.32 Å². The normalized spacial score (nSPS) is 13.9. The Morgan fingerprint density at radius 3 is 1.26 bits per heavy atom. The maximum absolute atomic E-state index is 12.4. The Balaban J connectivity index is 3.71. The predicted octanol–water partition coefficient (Wildman–Crippen LogP) is 11.0. The van der Waals surface area contributed by atoms with Gasteiger partial charge in [-0.15, -0.1) is 0 Å². The summed E-state index contributed by atoms with van der Waals surface area (Å²) in [5, 5.41) is 33.0. The van der Waals surface area contributed by atoms with E-state index >= 15 is 0 Å². The van der Waals surface area contributed by atoms with Crippen molar-refractivity contribution < 1.29 is 20.1 Å². The summed E-state index contributed by atoms with van der Waals surface area (Å²) in [4.78, 5) is 12.4. The highest BCUT2D eigenvalue weighted by Gasteiger charge is 2.22. The molecule has 0 aliphatic rings. The van der Waals surface area contributed by atoms with Crippen molar-refractivity contribution in [2.75, 3.05) is 6.61 Å². The summed E-state index contributed by atoms with van der Waals surface area (Å²) in [7, 11) is 0. The van der Waals surface area contributed by atoms with E-state index in [1.807, 2.05) is 6.08 Å². The molecule has 0 bridgehead atoms. The van der Waals surface area contributed by atoms with Gasteiger partial charge < -0.3 is 20.6 Å². The summed E-state index contributed by atoms with van der Waals surface area (Å²) in [5.74, 6) is -0.508. The van der Waals surface area contributed by atoms with Crippen LogP contribution >= 0.6 is 0 Å². The average molecular weight is 650 g/mol. The van der Waals surface area contributed by atoms with Gasteiger partial charge in [0.25, 0.3) is 0 Å². The summed E-state index contributed by atoms with van der Waals surface area (Å²) in [5.41, 5.74) is 0. The minimum atomic E-state index is -1.10. The minimum Gasteiger partial charge on any atom is -0.394 e. The second kappa shape index (κ2) is 36.7. The van der Waals surface area contributed by atoms with Crippen LogP contribution in [0.3, 0.4) is 0 Å². The van der Waals surface area contributed by atoms with Crippen molar-refractivity contribution in [3.05, 3.63) is 24.3 Å². The summed E-state index contributed by atoms with van der Waals surface area (Å²) in [6.45, 7) is 4.17. The van der Waals surface area contributed by atoms with Crippen molar-refractivity contribution in [3.8, 4) is 0 Å². The molecule has 272 valence electrons. The van der Waals surface area contributed by atoms with Crippen molar-refractivity contribution in [3.63, 3.8) is 0 Å². The molecule has 0 aliphatic heterocycles. The lowest BCUT2D eigenvalue weighted by atomic mass is 10.0. The number of allylic oxidation sites excluding steroid dienone is 3. The van der Waals surface area contributed by atoms with Gasteiger partial charge in [-0.3, -0.25) is 4.79 Å². The Hall–Kier alpha value is -1.17. The summed E-state index contributed by atoms with van der Waals surface area (Å²) < 4.78 is 0. The number of aliphatic hydroxyl groups is 3. The first kappa shape index (κ1) is 44.8. The molecule has 0 aromatic carbocycles. The SMILES string of the molecule is CCCCCCCCCC/C=C\CCCCCCCCC(O)C(=O)NC(CO)C(O)/C=C/CCCCCCCCCCCCCC. The van der Waals surface area contributed by atoms with Crippen molar-refractivity contribution >= 4 is 5.91 Å². The van der Waals surface area contributed by atoms with E-state index in [4.69, 9.17) is 0 Å². The monoisotopic (exact) mass is 650 g/mol. The van der Waals surface area contributed by atoms with Crippen LogP contribution in [0.25, 0.3) is 0 Å². The number of hydrogen-bond acceptors (Lipinski definition) is 4. The highest BCUT2D eigenvalue weighted by atomic mass is 16.3. The summed E-state index contributed by atoms with van der Waals surface area (Å²) in [6, 6.07) is -0.797. The van der Waals surface area contributed by atoms with Crippen molar-refractivity contribution in [2.24, 2.45) is 0 Å². The molecular formula is C41H79NO4. The van der Waals surface area contributed by atoms with Gasteiger partial charge in [-0.25, -0.2) is 0 Å². The molecule has 4 N–H and O–H groups in total. The Morgan fingerprint density at radius 1 is 0.522 bits per heavy atom. The van der Waals surface area contributed by atoms with E-state index in [0.717, 1.165) is 32.1 Å². The van der Waals surface area contributed by atoms with Crippen LogP contribution in [0.5, 0.6) is 0 Å². The van der Waals surface area contributed by atoms with E-state index in [0.29, 0.717) is 6.42 Å². The van der Waals surface area contributed by atoms with Crippen LogP contribution in [0.1, 0.15) is 206 Å². The molecule has 0 fully saturated rings. The molecule has 0 aromatic rings. The van der Waals surface area contributed by atoms with Crippen LogP contribution in [0, 0.1) is 0 Å². The van der Waals surface area contributed by atoms with E-state index in [1.54, 1.807) is 6.08 Å². The quantitative estimate of drug-likeness (QED) is 0.0401. The number of carbonyl (C=O) groups excluding carboxylic acids is 1. The Kier molecular flexibility index (Phi) is 35.7. The largest absolute Gasteiger partial charge is 0.394 e. The molecule has 0 heterocycles. The first-order valence-electron chi connectivity index (χ1n) is 20.2. The third-order valence-corrected chi connectivity index (χ3v) is 9.29. The molecule has 0 rings (SSSR count). The molecule has 0 radical (unpaired) electrons. The fourth-order valence-corrected chi connectivity index (χ4v) is 6.06. The molecule has 5 nitrogen and oxygen atoms in total. The Morgan fingerprint density at radius 2 is 0.870 bits per heavy atom. The molecule has 0 aliphatic carbocycles. The van der Waals surface area contributed by atoms with Gasteiger partial charge in [0.2, 0.25) is 5.91 Å². The van der Waals surface area contributed by atoms with Gasteiger partial charge in [0, 0.05) is 0 Å². The lowest BCUT2D eigenvalue weighted by molar-refractivity contribution is -0.131. The van der Waals surface area contributed by atoms with Gasteiger partial charge in [-0.05, 0) is 44.9 Å². The van der Waals surface area contributed by atoms with Gasteiger partial charge in [-0.2, -0.15) is 0 Å². The first-order chi connectivity index (χ1) is 22.6. The van der Waals surface area contributed by atoms with E-state index < -0.39 is 24.2 Å². The van der Waals surface area contributed by atoms with Crippen molar-refractivity contribution in [2.45, 2.75) is 225 Å². The molecular weight excluding hydrogens is 570 g/mol. The molecule has 0 spiro atoms. The van der Waals surface area contributed by atoms with E-state index in [1.165, 1.54) is 154 Å². The average Bonchev–Trinajstić information content (AvgIpc) is 3.06. The molecule has 0 aromatic heterocycles. The molecule has 3 atom stereocenters. The number of unbranched alkanes of at least 4 members (excludes halogenated alkanes) is 26. The fraction of sp³-hybridized carbons (Fsp3) is 0.878. The lowest BCUT2D eigenvalue weighted by Crippen LogP contribution is -2.48. The van der Waals surface area contributed by atoms with Gasteiger partial charge in [0.05, 0.1) is 18.8 Å². The predicted molar refractivity (Wildman–Crippen MR) is 199 cm³/mol. The topological polar surface area (TPSA) is 89.8 Å². The number of rotatable bonds is 36. The van der Waals surface area contributed by atoms with Crippen LogP contribution in [0.15, 0.2) is 24.3 Å². The molecule has 5 heteroatoms. The highest BCUT2D eigenvalue weighted by Crippen LogP contribution is 2.14. The molecule has 3 unspecified atom stereocenters. The molecule has 0 saturated carbocycles. The number of aliphatic hydroxyl groups excluding tert-OH is 3. The van der Waals surface area contributed by atoms with Crippen LogP contribution in [-0.4, -0.2) is 46.1 Å². The Labute approximate surface area is 286 Å². The third-order valence-electron chi connectivity index (χ3n) is 9.29. The highest BCUT2D eigenvalue weighted by molar-refractivity contribution is 5.80. The Bertz CT molecular complexity index is 679. The zero-order chi connectivity index (χ0) is 33.8. The van der Waals surface area contributed by atoms with Crippen LogP contribution < -0.4 is 5.32 Å². The molecule has 0 saturated heterocycles. The van der Waals surface area contributed by atoms with Crippen molar-refractivity contribution in [1.29, 1.82) is 0 Å².